The van der Waals surface area contributed by atoms with Gasteiger partial charge in [0.15, 0.2) is 4.34 Å². The van der Waals surface area contributed by atoms with E-state index in [1.165, 1.54) is 21.9 Å². The molecule has 0 atom stereocenters. The van der Waals surface area contributed by atoms with Crippen molar-refractivity contribution < 1.29 is 13.2 Å². The molecule has 1 heterocycles. The molecular formula is C19H28N4O3S3. The van der Waals surface area contributed by atoms with Gasteiger partial charge in [0.05, 0.1) is 11.9 Å². The molecule has 0 unspecified atom stereocenters. The molecule has 1 N–H and O–H groups in total. The van der Waals surface area contributed by atoms with Crippen LogP contribution in [0.4, 0.5) is 10.8 Å². The number of anilines is 2. The van der Waals surface area contributed by atoms with Crippen LogP contribution in [-0.4, -0.2) is 43.1 Å². The fourth-order valence-electron chi connectivity index (χ4n) is 2.70. The normalized spacial score (nSPS) is 11.7. The van der Waals surface area contributed by atoms with Crippen LogP contribution < -0.4 is 9.62 Å². The van der Waals surface area contributed by atoms with E-state index in [2.05, 4.69) is 29.4 Å². The van der Waals surface area contributed by atoms with Crippen LogP contribution in [0.25, 0.3) is 0 Å². The van der Waals surface area contributed by atoms with Crippen molar-refractivity contribution in [3.05, 3.63) is 29.3 Å². The van der Waals surface area contributed by atoms with E-state index in [1.54, 1.807) is 11.8 Å². The molecule has 10 heteroatoms. The van der Waals surface area contributed by atoms with Gasteiger partial charge >= 0.3 is 0 Å². The van der Waals surface area contributed by atoms with E-state index in [0.717, 1.165) is 21.2 Å². The van der Waals surface area contributed by atoms with Gasteiger partial charge in [0.25, 0.3) is 0 Å². The molecule has 0 bridgehead atoms. The summed E-state index contributed by atoms with van der Waals surface area (Å²) in [5.74, 6) is 1.30. The Balaban J connectivity index is 1.91. The zero-order chi connectivity index (χ0) is 21.6. The summed E-state index contributed by atoms with van der Waals surface area (Å²) in [6, 6.07) is 5.67. The second-order valence-electron chi connectivity index (χ2n) is 7.41. The lowest BCUT2D eigenvalue weighted by Crippen LogP contribution is -2.31. The number of benzene rings is 1. The molecule has 0 aliphatic heterocycles. The summed E-state index contributed by atoms with van der Waals surface area (Å²) in [5.41, 5.74) is 2.61. The first-order valence-electron chi connectivity index (χ1n) is 9.36. The van der Waals surface area contributed by atoms with Gasteiger partial charge in [-0.3, -0.25) is 9.10 Å². The molecule has 0 spiro atoms. The molecule has 2 rings (SSSR count). The maximum Gasteiger partial charge on any atom is 0.232 e. The Labute approximate surface area is 181 Å². The van der Waals surface area contributed by atoms with Crippen LogP contribution in [0.15, 0.2) is 22.5 Å². The second kappa shape index (κ2) is 10.4. The molecule has 0 aliphatic carbocycles. The van der Waals surface area contributed by atoms with Gasteiger partial charge in [-0.25, -0.2) is 8.42 Å². The summed E-state index contributed by atoms with van der Waals surface area (Å²) in [4.78, 5) is 12.2. The van der Waals surface area contributed by atoms with Gasteiger partial charge in [-0.05, 0) is 49.4 Å². The first-order valence-corrected chi connectivity index (χ1v) is 13.0. The van der Waals surface area contributed by atoms with Crippen LogP contribution in [0.5, 0.6) is 0 Å². The number of amides is 1. The molecule has 0 saturated heterocycles. The third kappa shape index (κ3) is 7.94. The van der Waals surface area contributed by atoms with Crippen molar-refractivity contribution in [1.82, 2.24) is 10.2 Å². The number of nitrogens with zero attached hydrogens (tertiary/aromatic N) is 3. The molecule has 1 aromatic carbocycles. The third-order valence-corrected chi connectivity index (χ3v) is 7.45. The minimum Gasteiger partial charge on any atom is -0.301 e. The molecule has 0 saturated carbocycles. The lowest BCUT2D eigenvalue weighted by molar-refractivity contribution is -0.116. The molecule has 1 aromatic heterocycles. The summed E-state index contributed by atoms with van der Waals surface area (Å²) in [7, 11) is -3.44. The summed E-state index contributed by atoms with van der Waals surface area (Å²) in [6.45, 7) is 8.37. The number of aromatic nitrogens is 2. The third-order valence-electron chi connectivity index (χ3n) is 3.85. The molecule has 0 aliphatic rings. The number of carbonyl (C=O) groups excluding carboxylic acids is 1. The molecular weight excluding hydrogens is 428 g/mol. The van der Waals surface area contributed by atoms with Gasteiger partial charge in [-0.15, -0.1) is 10.2 Å². The van der Waals surface area contributed by atoms with Gasteiger partial charge < -0.3 is 5.32 Å². The highest BCUT2D eigenvalue weighted by Gasteiger charge is 2.18. The predicted octanol–water partition coefficient (Wildman–Crippen LogP) is 4.09. The smallest absolute Gasteiger partial charge is 0.232 e. The van der Waals surface area contributed by atoms with Crippen molar-refractivity contribution in [3.8, 4) is 0 Å². The van der Waals surface area contributed by atoms with Crippen LogP contribution >= 0.6 is 23.1 Å². The standard InChI is InChI=1S/C19H28N4O3S3/c1-13(2)12-27-19-22-21-18(28-19)20-17(24)7-6-8-23(29(5,25)26)16-10-14(3)9-15(4)11-16/h9-11,13H,6-8,12H2,1-5H3,(H,20,21,24). The van der Waals surface area contributed by atoms with Crippen molar-refractivity contribution in [2.75, 3.05) is 28.2 Å². The van der Waals surface area contributed by atoms with E-state index < -0.39 is 10.0 Å². The quantitative estimate of drug-likeness (QED) is 0.428. The number of carbonyl (C=O) groups is 1. The Morgan fingerprint density at radius 3 is 2.45 bits per heavy atom. The van der Waals surface area contributed by atoms with Crippen LogP contribution in [0, 0.1) is 19.8 Å². The van der Waals surface area contributed by atoms with E-state index >= 15 is 0 Å². The Kier molecular flexibility index (Phi) is 8.47. The first kappa shape index (κ1) is 23.6. The molecule has 29 heavy (non-hydrogen) atoms. The minimum atomic E-state index is -3.44. The Bertz CT molecular complexity index is 922. The average Bonchev–Trinajstić information content (AvgIpc) is 3.02. The van der Waals surface area contributed by atoms with Crippen molar-refractivity contribution in [1.29, 1.82) is 0 Å². The van der Waals surface area contributed by atoms with E-state index in [4.69, 9.17) is 0 Å². The minimum absolute atomic E-state index is 0.199. The number of thioether (sulfide) groups is 1. The summed E-state index contributed by atoms with van der Waals surface area (Å²) in [6.07, 6.45) is 1.78. The summed E-state index contributed by atoms with van der Waals surface area (Å²) in [5, 5.41) is 11.3. The number of sulfonamides is 1. The Morgan fingerprint density at radius 2 is 1.86 bits per heavy atom. The number of hydrogen-bond donors (Lipinski definition) is 1. The monoisotopic (exact) mass is 456 g/mol. The predicted molar refractivity (Wildman–Crippen MR) is 121 cm³/mol. The maximum absolute atomic E-state index is 12.2. The maximum atomic E-state index is 12.2. The Morgan fingerprint density at radius 1 is 1.21 bits per heavy atom. The number of aryl methyl sites for hydroxylation is 2. The zero-order valence-corrected chi connectivity index (χ0v) is 19.9. The summed E-state index contributed by atoms with van der Waals surface area (Å²) >= 11 is 2.97. The highest BCUT2D eigenvalue weighted by atomic mass is 32.2. The fraction of sp³-hybridized carbons (Fsp3) is 0.526. The zero-order valence-electron chi connectivity index (χ0n) is 17.4. The Hall–Kier alpha value is -1.65. The molecule has 0 fully saturated rings. The van der Waals surface area contributed by atoms with E-state index in [0.29, 0.717) is 23.2 Å². The lowest BCUT2D eigenvalue weighted by Gasteiger charge is -2.23. The van der Waals surface area contributed by atoms with Crippen LogP contribution in [-0.2, 0) is 14.8 Å². The van der Waals surface area contributed by atoms with Crippen LogP contribution in [0.2, 0.25) is 0 Å². The SMILES string of the molecule is Cc1cc(C)cc(N(CCCC(=O)Nc2nnc(SCC(C)C)s2)S(C)(=O)=O)c1. The van der Waals surface area contributed by atoms with Gasteiger partial charge in [0.2, 0.25) is 21.1 Å². The van der Waals surface area contributed by atoms with Gasteiger partial charge in [-0.2, -0.15) is 0 Å². The van der Waals surface area contributed by atoms with Crippen molar-refractivity contribution in [2.45, 2.75) is 44.9 Å². The highest BCUT2D eigenvalue weighted by Crippen LogP contribution is 2.27. The highest BCUT2D eigenvalue weighted by molar-refractivity contribution is 8.01. The van der Waals surface area contributed by atoms with E-state index in [-0.39, 0.29) is 18.9 Å². The number of hydrogen-bond acceptors (Lipinski definition) is 7. The topological polar surface area (TPSA) is 92.3 Å². The van der Waals surface area contributed by atoms with Crippen LogP contribution in [0.3, 0.4) is 0 Å². The molecule has 7 nitrogen and oxygen atoms in total. The molecule has 160 valence electrons. The summed E-state index contributed by atoms with van der Waals surface area (Å²) < 4.78 is 26.7. The van der Waals surface area contributed by atoms with Gasteiger partial charge in [0.1, 0.15) is 0 Å². The van der Waals surface area contributed by atoms with Crippen molar-refractivity contribution in [3.63, 3.8) is 0 Å². The van der Waals surface area contributed by atoms with Gasteiger partial charge in [0, 0.05) is 18.7 Å². The molecule has 1 amide bonds. The average molecular weight is 457 g/mol. The lowest BCUT2D eigenvalue weighted by atomic mass is 10.1. The molecule has 0 radical (unpaired) electrons. The van der Waals surface area contributed by atoms with E-state index in [1.807, 2.05) is 32.0 Å². The molecule has 2 aromatic rings. The largest absolute Gasteiger partial charge is 0.301 e. The van der Waals surface area contributed by atoms with Crippen molar-refractivity contribution in [2.24, 2.45) is 5.92 Å². The van der Waals surface area contributed by atoms with Crippen LogP contribution in [0.1, 0.15) is 37.8 Å². The fourth-order valence-corrected chi connectivity index (χ4v) is 5.40. The first-order chi connectivity index (χ1) is 13.5. The van der Waals surface area contributed by atoms with E-state index in [9.17, 15) is 13.2 Å². The number of nitrogens with one attached hydrogen (secondary N) is 1. The van der Waals surface area contributed by atoms with Gasteiger partial charge in [-0.1, -0.05) is 43.0 Å². The second-order valence-corrected chi connectivity index (χ2v) is 11.6. The van der Waals surface area contributed by atoms with Crippen molar-refractivity contribution >= 4 is 49.8 Å². The number of rotatable bonds is 10.